The van der Waals surface area contributed by atoms with E-state index in [2.05, 4.69) is 74.8 Å². The number of piperidine rings is 1. The van der Waals surface area contributed by atoms with E-state index in [1.165, 1.54) is 18.1 Å². The molecule has 24 heavy (non-hydrogen) atoms. The summed E-state index contributed by atoms with van der Waals surface area (Å²) < 4.78 is 6.48. The van der Waals surface area contributed by atoms with Crippen molar-refractivity contribution in [2.75, 3.05) is 20.6 Å². The Morgan fingerprint density at radius 1 is 1.00 bits per heavy atom. The fraction of sp³-hybridized carbons (Fsp3) is 0.381. The normalized spacial score (nSPS) is 21.9. The van der Waals surface area contributed by atoms with Gasteiger partial charge in [-0.25, -0.2) is 0 Å². The fourth-order valence-electron chi connectivity index (χ4n) is 4.20. The van der Waals surface area contributed by atoms with Crippen molar-refractivity contribution in [1.29, 1.82) is 0 Å². The smallest absolute Gasteiger partial charge is 0.302 e. The third kappa shape index (κ3) is 2.84. The molecule has 1 aliphatic rings. The zero-order valence-electron chi connectivity index (χ0n) is 14.7. The van der Waals surface area contributed by atoms with E-state index >= 15 is 0 Å². The topological polar surface area (TPSA) is 26.3 Å². The van der Waals surface area contributed by atoms with Crippen LogP contribution in [0.3, 0.4) is 0 Å². The molecule has 1 unspecified atom stereocenters. The lowest BCUT2D eigenvalue weighted by Gasteiger charge is -2.53. The Morgan fingerprint density at radius 2 is 1.50 bits per heavy atom. The number of nitrogens with zero attached hydrogens (tertiary/aromatic N) is 1. The lowest BCUT2D eigenvalue weighted by atomic mass is 9.72. The zero-order valence-corrected chi connectivity index (χ0v) is 14.7. The lowest BCUT2D eigenvalue weighted by Crippen LogP contribution is -2.63. The van der Waals surface area contributed by atoms with Gasteiger partial charge in [-0.1, -0.05) is 60.7 Å². The second-order valence-corrected chi connectivity index (χ2v) is 7.23. The number of benzene rings is 2. The first-order chi connectivity index (χ1) is 11.5. The molecule has 0 N–H and O–H groups in total. The first-order valence-corrected chi connectivity index (χ1v) is 8.57. The molecule has 1 heterocycles. The van der Waals surface area contributed by atoms with Crippen LogP contribution in [0.15, 0.2) is 60.7 Å². The summed E-state index contributed by atoms with van der Waals surface area (Å²) in [6, 6.07) is 21.3. The fourth-order valence-corrected chi connectivity index (χ4v) is 4.20. The van der Waals surface area contributed by atoms with E-state index in [9.17, 15) is 4.79 Å². The summed E-state index contributed by atoms with van der Waals surface area (Å²) in [7, 11) is 4.56. The van der Waals surface area contributed by atoms with Gasteiger partial charge in [0.15, 0.2) is 5.54 Å². The number of carbonyl (C=O) groups excluding carboxylic acids is 1. The Labute approximate surface area is 144 Å². The van der Waals surface area contributed by atoms with Crippen LogP contribution in [0.5, 0.6) is 0 Å². The van der Waals surface area contributed by atoms with E-state index in [0.717, 1.165) is 23.9 Å². The number of rotatable bonds is 3. The minimum Gasteiger partial charge on any atom is -0.462 e. The average molecular weight is 324 g/mol. The minimum atomic E-state index is -0.221. The molecule has 2 aromatic carbocycles. The first kappa shape index (κ1) is 16.7. The summed E-state index contributed by atoms with van der Waals surface area (Å²) in [5, 5.41) is 0. The molecule has 0 amide bonds. The summed E-state index contributed by atoms with van der Waals surface area (Å²) in [6.07, 6.45) is 1.65. The second-order valence-electron chi connectivity index (χ2n) is 7.23. The van der Waals surface area contributed by atoms with Crippen LogP contribution in [-0.4, -0.2) is 37.2 Å². The highest BCUT2D eigenvalue weighted by Gasteiger charge is 2.53. The standard InChI is InChI=1S/C21H26NO2/c1-17(23)24-20-14-15-22(2,3)21(16-20,18-10-6-4-7-11-18)19-12-8-5-9-13-19/h4-13,20H,14-16H2,1-3H3/q+1. The lowest BCUT2D eigenvalue weighted by molar-refractivity contribution is -0.949. The van der Waals surface area contributed by atoms with Crippen LogP contribution in [0.4, 0.5) is 0 Å². The molecule has 0 aliphatic carbocycles. The molecule has 1 saturated heterocycles. The van der Waals surface area contributed by atoms with Crippen LogP contribution in [0, 0.1) is 0 Å². The molecule has 3 heteroatoms. The highest BCUT2D eigenvalue weighted by Crippen LogP contribution is 2.47. The SMILES string of the molecule is CC(=O)OC1CC[N+](C)(C)C(c2ccccc2)(c2ccccc2)C1. The van der Waals surface area contributed by atoms with Gasteiger partial charge in [0.2, 0.25) is 0 Å². The number of carbonyl (C=O) groups is 1. The van der Waals surface area contributed by atoms with Crippen molar-refractivity contribution in [3.05, 3.63) is 71.8 Å². The van der Waals surface area contributed by atoms with Crippen molar-refractivity contribution in [1.82, 2.24) is 0 Å². The molecule has 126 valence electrons. The molecule has 0 saturated carbocycles. The van der Waals surface area contributed by atoms with E-state index in [4.69, 9.17) is 4.74 Å². The van der Waals surface area contributed by atoms with Gasteiger partial charge in [-0.2, -0.15) is 0 Å². The molecule has 1 atom stereocenters. The van der Waals surface area contributed by atoms with Crippen molar-refractivity contribution >= 4 is 5.97 Å². The molecular formula is C21H26NO2+. The molecule has 3 nitrogen and oxygen atoms in total. The van der Waals surface area contributed by atoms with Gasteiger partial charge in [0.1, 0.15) is 6.10 Å². The Balaban J connectivity index is 2.16. The van der Waals surface area contributed by atoms with Gasteiger partial charge in [0.25, 0.3) is 0 Å². The summed E-state index contributed by atoms with van der Waals surface area (Å²) in [4.78, 5) is 11.5. The molecule has 0 bridgehead atoms. The molecule has 1 aliphatic heterocycles. The van der Waals surface area contributed by atoms with E-state index in [0.29, 0.717) is 0 Å². The summed E-state index contributed by atoms with van der Waals surface area (Å²) in [5.74, 6) is -0.192. The van der Waals surface area contributed by atoms with Crippen molar-refractivity contribution in [2.24, 2.45) is 0 Å². The number of hydrogen-bond donors (Lipinski definition) is 0. The second kappa shape index (κ2) is 6.40. The summed E-state index contributed by atoms with van der Waals surface area (Å²) >= 11 is 0. The maximum Gasteiger partial charge on any atom is 0.302 e. The van der Waals surface area contributed by atoms with Crippen LogP contribution in [-0.2, 0) is 15.1 Å². The van der Waals surface area contributed by atoms with Crippen molar-refractivity contribution < 1.29 is 14.0 Å². The molecule has 1 fully saturated rings. The number of quaternary nitrogens is 1. The third-order valence-electron chi connectivity index (χ3n) is 5.40. The number of esters is 1. The summed E-state index contributed by atoms with van der Waals surface area (Å²) in [6.45, 7) is 2.46. The Bertz CT molecular complexity index is 655. The molecule has 0 radical (unpaired) electrons. The highest BCUT2D eigenvalue weighted by molar-refractivity contribution is 5.66. The van der Waals surface area contributed by atoms with Crippen LogP contribution in [0.2, 0.25) is 0 Å². The molecule has 0 spiro atoms. The van der Waals surface area contributed by atoms with Crippen LogP contribution in [0.25, 0.3) is 0 Å². The predicted octanol–water partition coefficient (Wildman–Crippen LogP) is 3.73. The van der Waals surface area contributed by atoms with E-state index in [-0.39, 0.29) is 17.6 Å². The molecule has 2 aromatic rings. The van der Waals surface area contributed by atoms with Crippen molar-refractivity contribution in [2.45, 2.75) is 31.4 Å². The number of hydrogen-bond acceptors (Lipinski definition) is 2. The van der Waals surface area contributed by atoms with E-state index < -0.39 is 0 Å². The Kier molecular flexibility index (Phi) is 4.46. The van der Waals surface area contributed by atoms with E-state index in [1.54, 1.807) is 0 Å². The van der Waals surface area contributed by atoms with Gasteiger partial charge in [-0.05, 0) is 0 Å². The van der Waals surface area contributed by atoms with Gasteiger partial charge in [0, 0.05) is 30.9 Å². The molecule has 3 rings (SSSR count). The molecular weight excluding hydrogens is 298 g/mol. The maximum atomic E-state index is 11.5. The zero-order chi connectivity index (χ0) is 17.2. The average Bonchev–Trinajstić information content (AvgIpc) is 2.58. The maximum absolute atomic E-state index is 11.5. The minimum absolute atomic E-state index is 0.0472. The van der Waals surface area contributed by atoms with Gasteiger partial charge in [0.05, 0.1) is 20.6 Å². The van der Waals surface area contributed by atoms with Gasteiger partial charge >= 0.3 is 5.97 Å². The number of ether oxygens (including phenoxy) is 1. The van der Waals surface area contributed by atoms with Crippen LogP contribution in [0.1, 0.15) is 30.9 Å². The third-order valence-corrected chi connectivity index (χ3v) is 5.40. The predicted molar refractivity (Wildman–Crippen MR) is 95.4 cm³/mol. The monoisotopic (exact) mass is 324 g/mol. The molecule has 0 aromatic heterocycles. The largest absolute Gasteiger partial charge is 0.462 e. The summed E-state index contributed by atoms with van der Waals surface area (Å²) in [5.41, 5.74) is 2.33. The van der Waals surface area contributed by atoms with E-state index in [1.807, 2.05) is 0 Å². The van der Waals surface area contributed by atoms with Gasteiger partial charge in [-0.15, -0.1) is 0 Å². The van der Waals surface area contributed by atoms with Crippen LogP contribution >= 0.6 is 0 Å². The first-order valence-electron chi connectivity index (χ1n) is 8.57. The van der Waals surface area contributed by atoms with Crippen molar-refractivity contribution in [3.8, 4) is 0 Å². The Morgan fingerprint density at radius 3 is 1.96 bits per heavy atom. The van der Waals surface area contributed by atoms with Crippen molar-refractivity contribution in [3.63, 3.8) is 0 Å². The number of likely N-dealkylation sites (tertiary alicyclic amines) is 1. The Hall–Kier alpha value is -2.13. The quantitative estimate of drug-likeness (QED) is 0.635. The van der Waals surface area contributed by atoms with Gasteiger partial charge < -0.3 is 9.22 Å². The highest BCUT2D eigenvalue weighted by atomic mass is 16.5. The van der Waals surface area contributed by atoms with Gasteiger partial charge in [-0.3, -0.25) is 4.79 Å². The van der Waals surface area contributed by atoms with Crippen LogP contribution < -0.4 is 0 Å².